The van der Waals surface area contributed by atoms with Crippen molar-refractivity contribution in [3.05, 3.63) is 76.3 Å². The van der Waals surface area contributed by atoms with Crippen molar-refractivity contribution in [1.29, 1.82) is 5.26 Å². The van der Waals surface area contributed by atoms with E-state index in [1.807, 2.05) is 36.4 Å². The average Bonchev–Trinajstić information content (AvgIpc) is 3.04. The molecule has 2 amide bonds. The third kappa shape index (κ3) is 4.69. The zero-order valence-electron chi connectivity index (χ0n) is 16.3. The second-order valence-corrected chi connectivity index (χ2v) is 8.09. The Hall–Kier alpha value is -3.04. The molecule has 0 saturated carbocycles. The van der Waals surface area contributed by atoms with E-state index in [0.717, 1.165) is 24.8 Å². The number of hydrogen-bond donors (Lipinski definition) is 1. The Kier molecular flexibility index (Phi) is 6.73. The van der Waals surface area contributed by atoms with Crippen molar-refractivity contribution in [1.82, 2.24) is 0 Å². The van der Waals surface area contributed by atoms with E-state index < -0.39 is 11.2 Å². The molecule has 0 aromatic heterocycles. The van der Waals surface area contributed by atoms with E-state index in [2.05, 4.69) is 19.1 Å². The van der Waals surface area contributed by atoms with E-state index in [-0.39, 0.29) is 11.5 Å². The monoisotopic (exact) mass is 405 g/mol. The molecule has 2 aromatic carbocycles. The summed E-state index contributed by atoms with van der Waals surface area (Å²) >= 11 is 1.23. The fraction of sp³-hybridized carbons (Fsp3) is 0.261. The highest BCUT2D eigenvalue weighted by atomic mass is 32.2. The quantitative estimate of drug-likeness (QED) is 0.558. The molecule has 2 aromatic rings. The lowest BCUT2D eigenvalue weighted by Gasteiger charge is -2.18. The molecule has 3 rings (SSSR count). The van der Waals surface area contributed by atoms with E-state index in [1.165, 1.54) is 22.2 Å². The molecule has 148 valence electrons. The molecule has 1 saturated heterocycles. The standard InChI is InChI=1S/C23H23N3O2S/c1-2-3-7-16-10-12-17(13-11-16)14-20-22(28)26(18-8-5-4-6-9-18)23(29-20)19(15-24)21(25)27/h4-6,8-13,20H,2-3,7,14H2,1H3,(H2,25,27)/b23-19-/t20-/m1/s1. The Bertz CT molecular complexity index is 962. The molecule has 1 aliphatic rings. The Morgan fingerprint density at radius 1 is 1.14 bits per heavy atom. The van der Waals surface area contributed by atoms with Crippen molar-refractivity contribution in [3.63, 3.8) is 0 Å². The van der Waals surface area contributed by atoms with Crippen molar-refractivity contribution in [2.24, 2.45) is 5.73 Å². The van der Waals surface area contributed by atoms with Crippen LogP contribution in [0.2, 0.25) is 0 Å². The van der Waals surface area contributed by atoms with Crippen molar-refractivity contribution < 1.29 is 9.59 Å². The maximum absolute atomic E-state index is 13.2. The maximum Gasteiger partial charge on any atom is 0.262 e. The van der Waals surface area contributed by atoms with E-state index in [0.29, 0.717) is 17.1 Å². The summed E-state index contributed by atoms with van der Waals surface area (Å²) in [6.07, 6.45) is 3.87. The lowest BCUT2D eigenvalue weighted by Crippen LogP contribution is -2.31. The van der Waals surface area contributed by atoms with E-state index in [1.54, 1.807) is 12.1 Å². The zero-order chi connectivity index (χ0) is 20.8. The molecule has 0 spiro atoms. The summed E-state index contributed by atoms with van der Waals surface area (Å²) in [6, 6.07) is 19.2. The molecule has 0 unspecified atom stereocenters. The number of benzene rings is 2. The van der Waals surface area contributed by atoms with Crippen LogP contribution in [0.1, 0.15) is 30.9 Å². The first kappa shape index (κ1) is 20.7. The van der Waals surface area contributed by atoms with E-state index in [9.17, 15) is 14.9 Å². The van der Waals surface area contributed by atoms with Crippen molar-refractivity contribution in [2.75, 3.05) is 4.90 Å². The van der Waals surface area contributed by atoms with Crippen molar-refractivity contribution in [2.45, 2.75) is 37.9 Å². The number of nitrogens with two attached hydrogens (primary N) is 1. The van der Waals surface area contributed by atoms with Gasteiger partial charge in [-0.2, -0.15) is 5.26 Å². The zero-order valence-corrected chi connectivity index (χ0v) is 17.1. The number of nitriles is 1. The predicted molar refractivity (Wildman–Crippen MR) is 116 cm³/mol. The molecule has 1 aliphatic heterocycles. The summed E-state index contributed by atoms with van der Waals surface area (Å²) in [4.78, 5) is 26.4. The van der Waals surface area contributed by atoms with Crippen LogP contribution in [0.25, 0.3) is 0 Å². The minimum Gasteiger partial charge on any atom is -0.365 e. The topological polar surface area (TPSA) is 87.2 Å². The van der Waals surface area contributed by atoms with Crippen LogP contribution in [0.4, 0.5) is 5.69 Å². The molecule has 0 bridgehead atoms. The number of carbonyl (C=O) groups is 2. The Morgan fingerprint density at radius 3 is 2.38 bits per heavy atom. The molecule has 6 heteroatoms. The van der Waals surface area contributed by atoms with Crippen LogP contribution < -0.4 is 10.6 Å². The molecular weight excluding hydrogens is 382 g/mol. The van der Waals surface area contributed by atoms with Crippen molar-refractivity contribution >= 4 is 29.3 Å². The summed E-state index contributed by atoms with van der Waals surface area (Å²) < 4.78 is 0. The maximum atomic E-state index is 13.2. The molecular formula is C23H23N3O2S. The molecule has 2 N–H and O–H groups in total. The fourth-order valence-electron chi connectivity index (χ4n) is 3.25. The first-order chi connectivity index (χ1) is 14.0. The largest absolute Gasteiger partial charge is 0.365 e. The molecule has 29 heavy (non-hydrogen) atoms. The summed E-state index contributed by atoms with van der Waals surface area (Å²) in [7, 11) is 0. The van der Waals surface area contributed by atoms with Gasteiger partial charge in [0.1, 0.15) is 16.7 Å². The van der Waals surface area contributed by atoms with Gasteiger partial charge in [0.15, 0.2) is 0 Å². The second-order valence-electron chi connectivity index (χ2n) is 6.90. The van der Waals surface area contributed by atoms with Crippen LogP contribution in [-0.2, 0) is 22.4 Å². The number of amides is 2. The number of primary amides is 1. The number of nitrogens with zero attached hydrogens (tertiary/aromatic N) is 2. The molecule has 0 aliphatic carbocycles. The van der Waals surface area contributed by atoms with Gasteiger partial charge in [-0.05, 0) is 42.5 Å². The minimum absolute atomic E-state index is 0.153. The van der Waals surface area contributed by atoms with Crippen molar-refractivity contribution in [3.8, 4) is 6.07 Å². The third-order valence-corrected chi connectivity index (χ3v) is 6.07. The summed E-state index contributed by atoms with van der Waals surface area (Å²) in [5.41, 5.74) is 8.15. The number of thioether (sulfide) groups is 1. The molecule has 0 radical (unpaired) electrons. The number of aryl methyl sites for hydroxylation is 1. The second kappa shape index (κ2) is 9.44. The third-order valence-electron chi connectivity index (χ3n) is 4.80. The van der Waals surface area contributed by atoms with E-state index in [4.69, 9.17) is 5.73 Å². The van der Waals surface area contributed by atoms with Gasteiger partial charge in [0.05, 0.1) is 5.25 Å². The van der Waals surface area contributed by atoms with Gasteiger partial charge in [-0.1, -0.05) is 67.6 Å². The molecule has 1 fully saturated rings. The van der Waals surface area contributed by atoms with E-state index >= 15 is 0 Å². The van der Waals surface area contributed by atoms with Crippen LogP contribution in [0.5, 0.6) is 0 Å². The number of para-hydroxylation sites is 1. The van der Waals surface area contributed by atoms with Crippen LogP contribution >= 0.6 is 11.8 Å². The highest BCUT2D eigenvalue weighted by molar-refractivity contribution is 8.05. The molecule has 1 atom stereocenters. The SMILES string of the molecule is CCCCc1ccc(C[C@H]2S/C(=C(/C#N)C(N)=O)N(c3ccccc3)C2=O)cc1. The number of carbonyl (C=O) groups excluding carboxylic acids is 2. The number of hydrogen-bond acceptors (Lipinski definition) is 4. The summed E-state index contributed by atoms with van der Waals surface area (Å²) in [6.45, 7) is 2.17. The summed E-state index contributed by atoms with van der Waals surface area (Å²) in [5, 5.41) is 9.31. The van der Waals surface area contributed by atoms with Gasteiger partial charge in [-0.15, -0.1) is 0 Å². The minimum atomic E-state index is -0.829. The number of anilines is 1. The van der Waals surface area contributed by atoms with Gasteiger partial charge in [0.2, 0.25) is 5.91 Å². The van der Waals surface area contributed by atoms with Gasteiger partial charge < -0.3 is 5.73 Å². The van der Waals surface area contributed by atoms with Crippen LogP contribution in [0.15, 0.2) is 65.2 Å². The Labute approximate surface area is 175 Å². The Morgan fingerprint density at radius 2 is 1.79 bits per heavy atom. The van der Waals surface area contributed by atoms with Gasteiger partial charge in [0, 0.05) is 5.69 Å². The highest BCUT2D eigenvalue weighted by Crippen LogP contribution is 2.41. The average molecular weight is 406 g/mol. The lowest BCUT2D eigenvalue weighted by atomic mass is 10.0. The Balaban J connectivity index is 1.89. The number of unbranched alkanes of at least 4 members (excludes halogenated alkanes) is 1. The fourth-order valence-corrected chi connectivity index (χ4v) is 4.56. The van der Waals surface area contributed by atoms with Gasteiger partial charge in [-0.3, -0.25) is 14.5 Å². The van der Waals surface area contributed by atoms with Gasteiger partial charge in [0.25, 0.3) is 5.91 Å². The lowest BCUT2D eigenvalue weighted by molar-refractivity contribution is -0.117. The predicted octanol–water partition coefficient (Wildman–Crippen LogP) is 3.94. The van der Waals surface area contributed by atoms with Crippen LogP contribution in [0.3, 0.4) is 0 Å². The van der Waals surface area contributed by atoms with Crippen LogP contribution in [-0.4, -0.2) is 17.1 Å². The molecule has 5 nitrogen and oxygen atoms in total. The summed E-state index contributed by atoms with van der Waals surface area (Å²) in [5.74, 6) is -0.982. The highest BCUT2D eigenvalue weighted by Gasteiger charge is 2.40. The molecule has 1 heterocycles. The normalized spacial score (nSPS) is 17.9. The first-order valence-corrected chi connectivity index (χ1v) is 10.5. The number of rotatable bonds is 7. The van der Waals surface area contributed by atoms with Crippen LogP contribution in [0, 0.1) is 11.3 Å². The van der Waals surface area contributed by atoms with Gasteiger partial charge >= 0.3 is 0 Å². The van der Waals surface area contributed by atoms with Gasteiger partial charge in [-0.25, -0.2) is 0 Å². The first-order valence-electron chi connectivity index (χ1n) is 9.62. The smallest absolute Gasteiger partial charge is 0.262 e.